The van der Waals surface area contributed by atoms with E-state index in [2.05, 4.69) is 24.1 Å². The number of halogens is 1. The number of hydrogen-bond acceptors (Lipinski definition) is 3. The second-order valence-electron chi connectivity index (χ2n) is 5.38. The van der Waals surface area contributed by atoms with Crippen LogP contribution in [-0.2, 0) is 0 Å². The largest absolute Gasteiger partial charge is 0.494 e. The van der Waals surface area contributed by atoms with Gasteiger partial charge in [0.15, 0.2) is 0 Å². The van der Waals surface area contributed by atoms with Gasteiger partial charge in [-0.3, -0.25) is 4.79 Å². The lowest BCUT2D eigenvalue weighted by molar-refractivity contribution is 0.102. The molecule has 2 rings (SSSR count). The zero-order valence-corrected chi connectivity index (χ0v) is 13.4. The van der Waals surface area contributed by atoms with Crippen molar-refractivity contribution in [2.75, 3.05) is 11.9 Å². The Morgan fingerprint density at radius 2 is 1.95 bits per heavy atom. The van der Waals surface area contributed by atoms with Gasteiger partial charge in [-0.15, -0.1) is 0 Å². The second kappa shape index (κ2) is 7.80. The van der Waals surface area contributed by atoms with Gasteiger partial charge in [-0.25, -0.2) is 4.98 Å². The molecule has 0 radical (unpaired) electrons. The molecule has 5 heteroatoms. The van der Waals surface area contributed by atoms with Crippen LogP contribution in [0.2, 0.25) is 5.15 Å². The lowest BCUT2D eigenvalue weighted by Crippen LogP contribution is -2.12. The molecule has 0 fully saturated rings. The number of benzene rings is 1. The summed E-state index contributed by atoms with van der Waals surface area (Å²) < 4.78 is 5.63. The number of carbonyl (C=O) groups is 1. The Labute approximate surface area is 135 Å². The van der Waals surface area contributed by atoms with Gasteiger partial charge in [0.25, 0.3) is 5.91 Å². The van der Waals surface area contributed by atoms with Crippen LogP contribution in [0.4, 0.5) is 5.69 Å². The van der Waals surface area contributed by atoms with Crippen molar-refractivity contribution in [2.45, 2.75) is 20.3 Å². The van der Waals surface area contributed by atoms with Crippen LogP contribution >= 0.6 is 11.6 Å². The van der Waals surface area contributed by atoms with E-state index in [-0.39, 0.29) is 5.91 Å². The van der Waals surface area contributed by atoms with E-state index in [0.29, 0.717) is 28.9 Å². The number of rotatable bonds is 6. The molecule has 2 aromatic rings. The minimum Gasteiger partial charge on any atom is -0.494 e. The number of aromatic nitrogens is 1. The van der Waals surface area contributed by atoms with E-state index in [1.54, 1.807) is 36.4 Å². The van der Waals surface area contributed by atoms with Gasteiger partial charge in [-0.1, -0.05) is 25.4 Å². The summed E-state index contributed by atoms with van der Waals surface area (Å²) in [5, 5.41) is 3.15. The molecule has 1 heterocycles. The van der Waals surface area contributed by atoms with Gasteiger partial charge in [-0.2, -0.15) is 0 Å². The standard InChI is InChI=1S/C17H19ClN2O2/c1-12(2)9-10-22-15-6-3-13(4-7-15)17(21)20-14-5-8-16(18)19-11-14/h3-8,11-12H,9-10H2,1-2H3,(H,20,21). The van der Waals surface area contributed by atoms with Gasteiger partial charge in [0.1, 0.15) is 10.9 Å². The minimum absolute atomic E-state index is 0.196. The number of amides is 1. The SMILES string of the molecule is CC(C)CCOc1ccc(C(=O)Nc2ccc(Cl)nc2)cc1. The Morgan fingerprint density at radius 1 is 1.23 bits per heavy atom. The molecule has 0 saturated carbocycles. The van der Waals surface area contributed by atoms with E-state index in [1.165, 1.54) is 6.20 Å². The van der Waals surface area contributed by atoms with Crippen molar-refractivity contribution in [3.63, 3.8) is 0 Å². The van der Waals surface area contributed by atoms with Crippen LogP contribution in [0.3, 0.4) is 0 Å². The third kappa shape index (κ3) is 5.04. The van der Waals surface area contributed by atoms with Crippen molar-refractivity contribution in [2.24, 2.45) is 5.92 Å². The average molecular weight is 319 g/mol. The fourth-order valence-corrected chi connectivity index (χ4v) is 1.88. The predicted molar refractivity (Wildman–Crippen MR) is 88.6 cm³/mol. The average Bonchev–Trinajstić information content (AvgIpc) is 2.50. The van der Waals surface area contributed by atoms with Gasteiger partial charge in [0, 0.05) is 5.56 Å². The third-order valence-corrected chi connectivity index (χ3v) is 3.29. The molecule has 0 saturated heterocycles. The van der Waals surface area contributed by atoms with Gasteiger partial charge in [0.05, 0.1) is 18.5 Å². The highest BCUT2D eigenvalue weighted by Crippen LogP contribution is 2.15. The Hall–Kier alpha value is -2.07. The lowest BCUT2D eigenvalue weighted by Gasteiger charge is -2.09. The monoisotopic (exact) mass is 318 g/mol. The molecule has 1 amide bonds. The molecular weight excluding hydrogens is 300 g/mol. The molecule has 0 aliphatic heterocycles. The maximum Gasteiger partial charge on any atom is 0.255 e. The number of nitrogens with zero attached hydrogens (tertiary/aromatic N) is 1. The molecule has 0 bridgehead atoms. The van der Waals surface area contributed by atoms with Crippen LogP contribution in [0.15, 0.2) is 42.6 Å². The summed E-state index contributed by atoms with van der Waals surface area (Å²) in [4.78, 5) is 16.0. The highest BCUT2D eigenvalue weighted by Gasteiger charge is 2.06. The predicted octanol–water partition coefficient (Wildman–Crippen LogP) is 4.41. The molecule has 4 nitrogen and oxygen atoms in total. The zero-order valence-electron chi connectivity index (χ0n) is 12.7. The molecule has 0 atom stereocenters. The van der Waals surface area contributed by atoms with Crippen molar-refractivity contribution >= 4 is 23.2 Å². The van der Waals surface area contributed by atoms with E-state index in [0.717, 1.165) is 12.2 Å². The van der Waals surface area contributed by atoms with Gasteiger partial charge < -0.3 is 10.1 Å². The Balaban J connectivity index is 1.91. The van der Waals surface area contributed by atoms with E-state index < -0.39 is 0 Å². The molecule has 116 valence electrons. The highest BCUT2D eigenvalue weighted by atomic mass is 35.5. The van der Waals surface area contributed by atoms with Crippen LogP contribution < -0.4 is 10.1 Å². The van der Waals surface area contributed by atoms with Gasteiger partial charge in [-0.05, 0) is 48.7 Å². The fraction of sp³-hybridized carbons (Fsp3) is 0.294. The minimum atomic E-state index is -0.196. The molecule has 0 spiro atoms. The fourth-order valence-electron chi connectivity index (χ4n) is 1.77. The number of nitrogens with one attached hydrogen (secondary N) is 1. The summed E-state index contributed by atoms with van der Waals surface area (Å²) in [6.07, 6.45) is 2.52. The molecular formula is C17H19ClN2O2. The zero-order chi connectivity index (χ0) is 15.9. The van der Waals surface area contributed by atoms with Crippen LogP contribution in [0, 0.1) is 5.92 Å². The van der Waals surface area contributed by atoms with Crippen molar-refractivity contribution in [1.29, 1.82) is 0 Å². The summed E-state index contributed by atoms with van der Waals surface area (Å²) in [7, 11) is 0. The highest BCUT2D eigenvalue weighted by molar-refractivity contribution is 6.29. The first-order valence-corrected chi connectivity index (χ1v) is 7.58. The van der Waals surface area contributed by atoms with E-state index in [1.807, 2.05) is 0 Å². The molecule has 22 heavy (non-hydrogen) atoms. The number of pyridine rings is 1. The van der Waals surface area contributed by atoms with E-state index in [9.17, 15) is 4.79 Å². The summed E-state index contributed by atoms with van der Waals surface area (Å²) in [6.45, 7) is 4.99. The number of carbonyl (C=O) groups excluding carboxylic acids is 1. The van der Waals surface area contributed by atoms with Gasteiger partial charge in [0.2, 0.25) is 0 Å². The first-order valence-electron chi connectivity index (χ1n) is 7.20. The van der Waals surface area contributed by atoms with Crippen LogP contribution in [-0.4, -0.2) is 17.5 Å². The first-order chi connectivity index (χ1) is 10.5. The first kappa shape index (κ1) is 16.3. The summed E-state index contributed by atoms with van der Waals surface area (Å²) in [5.41, 5.74) is 1.16. The summed E-state index contributed by atoms with van der Waals surface area (Å²) >= 11 is 5.71. The Morgan fingerprint density at radius 3 is 2.55 bits per heavy atom. The summed E-state index contributed by atoms with van der Waals surface area (Å²) in [6, 6.07) is 10.4. The molecule has 0 aliphatic rings. The number of anilines is 1. The normalized spacial score (nSPS) is 10.5. The maximum absolute atomic E-state index is 12.1. The van der Waals surface area contributed by atoms with Crippen LogP contribution in [0.5, 0.6) is 5.75 Å². The molecule has 0 unspecified atom stereocenters. The van der Waals surface area contributed by atoms with Crippen molar-refractivity contribution in [3.05, 3.63) is 53.3 Å². The van der Waals surface area contributed by atoms with E-state index >= 15 is 0 Å². The molecule has 1 aromatic heterocycles. The summed E-state index contributed by atoms with van der Waals surface area (Å²) in [5.74, 6) is 1.18. The smallest absolute Gasteiger partial charge is 0.255 e. The Kier molecular flexibility index (Phi) is 5.78. The number of hydrogen-bond donors (Lipinski definition) is 1. The molecule has 1 N–H and O–H groups in total. The topological polar surface area (TPSA) is 51.2 Å². The van der Waals surface area contributed by atoms with Crippen LogP contribution in [0.1, 0.15) is 30.6 Å². The van der Waals surface area contributed by atoms with Gasteiger partial charge >= 0.3 is 0 Å². The maximum atomic E-state index is 12.1. The van der Waals surface area contributed by atoms with Crippen LogP contribution in [0.25, 0.3) is 0 Å². The number of ether oxygens (including phenoxy) is 1. The third-order valence-electron chi connectivity index (χ3n) is 3.07. The molecule has 1 aromatic carbocycles. The Bertz CT molecular complexity index is 610. The second-order valence-corrected chi connectivity index (χ2v) is 5.77. The quantitative estimate of drug-likeness (QED) is 0.802. The van der Waals surface area contributed by atoms with Crippen molar-refractivity contribution < 1.29 is 9.53 Å². The molecule has 0 aliphatic carbocycles. The van der Waals surface area contributed by atoms with Crippen molar-refractivity contribution in [1.82, 2.24) is 4.98 Å². The lowest BCUT2D eigenvalue weighted by atomic mass is 10.1. The van der Waals surface area contributed by atoms with Crippen molar-refractivity contribution in [3.8, 4) is 5.75 Å². The van der Waals surface area contributed by atoms with E-state index in [4.69, 9.17) is 16.3 Å².